The number of nitriles is 1. The first-order valence-corrected chi connectivity index (χ1v) is 5.44. The van der Waals surface area contributed by atoms with Gasteiger partial charge < -0.3 is 15.8 Å². The maximum Gasteiger partial charge on any atom is 0.143 e. The van der Waals surface area contributed by atoms with Gasteiger partial charge in [0.15, 0.2) is 0 Å². The minimum absolute atomic E-state index is 0.554. The van der Waals surface area contributed by atoms with Crippen LogP contribution in [0.1, 0.15) is 5.56 Å². The standard InChI is InChI=1S/C14H13N3O/c1-18-14-8-10(9-15)6-7-13(14)17-12-5-3-2-4-11(12)16/h2-8,17H,16H2,1H3. The summed E-state index contributed by atoms with van der Waals surface area (Å²) in [6.07, 6.45) is 0. The second-order valence-electron chi connectivity index (χ2n) is 3.74. The van der Waals surface area contributed by atoms with Gasteiger partial charge in [-0.15, -0.1) is 0 Å². The van der Waals surface area contributed by atoms with Crippen LogP contribution in [0.4, 0.5) is 17.1 Å². The van der Waals surface area contributed by atoms with Crippen molar-refractivity contribution in [1.82, 2.24) is 0 Å². The lowest BCUT2D eigenvalue weighted by atomic mass is 10.2. The maximum atomic E-state index is 8.84. The molecule has 0 radical (unpaired) electrons. The van der Waals surface area contributed by atoms with E-state index >= 15 is 0 Å². The van der Waals surface area contributed by atoms with E-state index in [0.29, 0.717) is 17.0 Å². The van der Waals surface area contributed by atoms with Crippen molar-refractivity contribution in [3.8, 4) is 11.8 Å². The number of nitrogens with two attached hydrogens (primary N) is 1. The SMILES string of the molecule is COc1cc(C#N)ccc1Nc1ccccc1N. The molecular weight excluding hydrogens is 226 g/mol. The lowest BCUT2D eigenvalue weighted by Crippen LogP contribution is -1.98. The van der Waals surface area contributed by atoms with E-state index in [1.165, 1.54) is 0 Å². The van der Waals surface area contributed by atoms with E-state index in [2.05, 4.69) is 11.4 Å². The molecule has 2 rings (SSSR count). The summed E-state index contributed by atoms with van der Waals surface area (Å²) in [5.74, 6) is 0.609. The molecule has 0 aliphatic rings. The number of anilines is 3. The summed E-state index contributed by atoms with van der Waals surface area (Å²) in [6, 6.07) is 14.7. The number of para-hydroxylation sites is 2. The van der Waals surface area contributed by atoms with Gasteiger partial charge in [0.1, 0.15) is 5.75 Å². The van der Waals surface area contributed by atoms with Crippen molar-refractivity contribution in [2.45, 2.75) is 0 Å². The van der Waals surface area contributed by atoms with E-state index < -0.39 is 0 Å². The lowest BCUT2D eigenvalue weighted by molar-refractivity contribution is 0.416. The van der Waals surface area contributed by atoms with Gasteiger partial charge in [-0.05, 0) is 24.3 Å². The van der Waals surface area contributed by atoms with Crippen molar-refractivity contribution in [3.63, 3.8) is 0 Å². The Kier molecular flexibility index (Phi) is 3.35. The number of hydrogen-bond donors (Lipinski definition) is 2. The van der Waals surface area contributed by atoms with Crippen molar-refractivity contribution in [2.24, 2.45) is 0 Å². The van der Waals surface area contributed by atoms with Crippen LogP contribution in [0.3, 0.4) is 0 Å². The summed E-state index contributed by atoms with van der Waals surface area (Å²) in [6.45, 7) is 0. The highest BCUT2D eigenvalue weighted by Gasteiger charge is 2.06. The van der Waals surface area contributed by atoms with Gasteiger partial charge in [-0.3, -0.25) is 0 Å². The highest BCUT2D eigenvalue weighted by atomic mass is 16.5. The Labute approximate surface area is 106 Å². The Hall–Kier alpha value is -2.67. The van der Waals surface area contributed by atoms with E-state index in [1.54, 1.807) is 25.3 Å². The van der Waals surface area contributed by atoms with Crippen LogP contribution in [0, 0.1) is 11.3 Å². The van der Waals surface area contributed by atoms with Crippen LogP contribution in [0.25, 0.3) is 0 Å². The van der Waals surface area contributed by atoms with Crippen LogP contribution in [-0.4, -0.2) is 7.11 Å². The van der Waals surface area contributed by atoms with Crippen molar-refractivity contribution >= 4 is 17.1 Å². The molecule has 0 aliphatic heterocycles. The zero-order valence-electron chi connectivity index (χ0n) is 9.97. The molecule has 0 spiro atoms. The van der Waals surface area contributed by atoms with Gasteiger partial charge in [-0.25, -0.2) is 0 Å². The molecular formula is C14H13N3O. The molecule has 4 nitrogen and oxygen atoms in total. The fraction of sp³-hybridized carbons (Fsp3) is 0.0714. The van der Waals surface area contributed by atoms with Gasteiger partial charge in [0, 0.05) is 6.07 Å². The molecule has 0 bridgehead atoms. The predicted molar refractivity (Wildman–Crippen MR) is 71.8 cm³/mol. The fourth-order valence-corrected chi connectivity index (χ4v) is 1.62. The quantitative estimate of drug-likeness (QED) is 0.808. The largest absolute Gasteiger partial charge is 0.495 e. The number of nitrogens with zero attached hydrogens (tertiary/aromatic N) is 1. The summed E-state index contributed by atoms with van der Waals surface area (Å²) in [7, 11) is 1.57. The minimum Gasteiger partial charge on any atom is -0.495 e. The maximum absolute atomic E-state index is 8.84. The molecule has 2 aromatic rings. The van der Waals surface area contributed by atoms with E-state index in [-0.39, 0.29) is 0 Å². The molecule has 0 heterocycles. The number of rotatable bonds is 3. The van der Waals surface area contributed by atoms with Crippen LogP contribution in [0.15, 0.2) is 42.5 Å². The lowest BCUT2D eigenvalue weighted by Gasteiger charge is -2.12. The Morgan fingerprint density at radius 1 is 1.17 bits per heavy atom. The number of ether oxygens (including phenoxy) is 1. The summed E-state index contributed by atoms with van der Waals surface area (Å²) >= 11 is 0. The summed E-state index contributed by atoms with van der Waals surface area (Å²) < 4.78 is 5.25. The van der Waals surface area contributed by atoms with Gasteiger partial charge >= 0.3 is 0 Å². The minimum atomic E-state index is 0.554. The average Bonchev–Trinajstić information content (AvgIpc) is 2.41. The van der Waals surface area contributed by atoms with Crippen molar-refractivity contribution in [3.05, 3.63) is 48.0 Å². The first-order valence-electron chi connectivity index (χ1n) is 5.44. The van der Waals surface area contributed by atoms with Crippen molar-refractivity contribution < 1.29 is 4.74 Å². The summed E-state index contributed by atoms with van der Waals surface area (Å²) in [5.41, 5.74) is 8.65. The third-order valence-electron chi connectivity index (χ3n) is 2.56. The molecule has 90 valence electrons. The normalized spacial score (nSPS) is 9.56. The molecule has 0 saturated carbocycles. The molecule has 0 amide bonds. The molecule has 0 unspecified atom stereocenters. The van der Waals surface area contributed by atoms with Crippen LogP contribution >= 0.6 is 0 Å². The highest BCUT2D eigenvalue weighted by molar-refractivity contribution is 5.75. The number of nitrogens with one attached hydrogen (secondary N) is 1. The third kappa shape index (κ3) is 2.36. The molecule has 0 saturated heterocycles. The number of benzene rings is 2. The van der Waals surface area contributed by atoms with Gasteiger partial charge in [0.05, 0.1) is 35.8 Å². The molecule has 0 fully saturated rings. The Bertz CT molecular complexity index is 602. The predicted octanol–water partition coefficient (Wildman–Crippen LogP) is 2.89. The molecule has 3 N–H and O–H groups in total. The van der Waals surface area contributed by atoms with Gasteiger partial charge in [0.2, 0.25) is 0 Å². The van der Waals surface area contributed by atoms with E-state index in [4.69, 9.17) is 15.7 Å². The van der Waals surface area contributed by atoms with Gasteiger partial charge in [-0.2, -0.15) is 5.26 Å². The second kappa shape index (κ2) is 5.11. The molecule has 4 heteroatoms. The van der Waals surface area contributed by atoms with E-state index in [9.17, 15) is 0 Å². The molecule has 2 aromatic carbocycles. The smallest absolute Gasteiger partial charge is 0.143 e. The summed E-state index contributed by atoms with van der Waals surface area (Å²) in [4.78, 5) is 0. The van der Waals surface area contributed by atoms with Crippen molar-refractivity contribution in [2.75, 3.05) is 18.2 Å². The van der Waals surface area contributed by atoms with Crippen LogP contribution in [-0.2, 0) is 0 Å². The monoisotopic (exact) mass is 239 g/mol. The first-order chi connectivity index (χ1) is 8.74. The highest BCUT2D eigenvalue weighted by Crippen LogP contribution is 2.30. The Morgan fingerprint density at radius 2 is 1.94 bits per heavy atom. The Morgan fingerprint density at radius 3 is 2.61 bits per heavy atom. The van der Waals surface area contributed by atoms with Gasteiger partial charge in [0.25, 0.3) is 0 Å². The van der Waals surface area contributed by atoms with Crippen LogP contribution < -0.4 is 15.8 Å². The van der Waals surface area contributed by atoms with E-state index in [0.717, 1.165) is 11.4 Å². The zero-order chi connectivity index (χ0) is 13.0. The number of methoxy groups -OCH3 is 1. The first kappa shape index (κ1) is 11.8. The zero-order valence-corrected chi connectivity index (χ0v) is 9.97. The Balaban J connectivity index is 2.35. The topological polar surface area (TPSA) is 71.1 Å². The molecule has 0 aromatic heterocycles. The summed E-state index contributed by atoms with van der Waals surface area (Å²) in [5, 5.41) is 12.0. The average molecular weight is 239 g/mol. The van der Waals surface area contributed by atoms with E-state index in [1.807, 2.05) is 24.3 Å². The molecule has 18 heavy (non-hydrogen) atoms. The van der Waals surface area contributed by atoms with Gasteiger partial charge in [-0.1, -0.05) is 12.1 Å². The second-order valence-corrected chi connectivity index (χ2v) is 3.74. The number of hydrogen-bond acceptors (Lipinski definition) is 4. The van der Waals surface area contributed by atoms with Crippen LogP contribution in [0.2, 0.25) is 0 Å². The molecule has 0 atom stereocenters. The fourth-order valence-electron chi connectivity index (χ4n) is 1.62. The van der Waals surface area contributed by atoms with Crippen molar-refractivity contribution in [1.29, 1.82) is 5.26 Å². The number of nitrogen functional groups attached to an aromatic ring is 1. The molecule has 0 aliphatic carbocycles. The third-order valence-corrected chi connectivity index (χ3v) is 2.56. The van der Waals surface area contributed by atoms with Crippen LogP contribution in [0.5, 0.6) is 5.75 Å².